The molecule has 0 aliphatic carbocycles. The summed E-state index contributed by atoms with van der Waals surface area (Å²) in [4.78, 5) is 99.8. The first-order chi connectivity index (χ1) is 42.9. The Balaban J connectivity index is 0.982. The summed E-state index contributed by atoms with van der Waals surface area (Å²) in [6, 6.07) is 36.5. The smallest absolute Gasteiger partial charge is 0.318 e. The van der Waals surface area contributed by atoms with Gasteiger partial charge in [-0.1, -0.05) is 121 Å². The lowest BCUT2D eigenvalue weighted by molar-refractivity contribution is -0.240. The third kappa shape index (κ3) is 17.2. The van der Waals surface area contributed by atoms with E-state index in [0.717, 1.165) is 22.3 Å². The summed E-state index contributed by atoms with van der Waals surface area (Å²) in [5, 5.41) is 0. The van der Waals surface area contributed by atoms with E-state index in [9.17, 15) is 33.6 Å². The fraction of sp³-hybridized carbons (Fsp3) is 0.537. The highest BCUT2D eigenvalue weighted by atomic mass is 16.7. The van der Waals surface area contributed by atoms with Crippen LogP contribution in [0, 0.1) is 37.9 Å². The van der Waals surface area contributed by atoms with Gasteiger partial charge in [0.1, 0.15) is 84.2 Å². The average molecular weight is 1260 g/mol. The lowest BCUT2D eigenvalue weighted by Gasteiger charge is -2.38. The maximum absolute atomic E-state index is 14.7. The molecule has 0 atom stereocenters. The molecule has 0 N–H and O–H groups in total. The van der Waals surface area contributed by atoms with Gasteiger partial charge < -0.3 is 75.8 Å². The molecule has 23 heteroatoms. The molecule has 0 spiro atoms. The summed E-state index contributed by atoms with van der Waals surface area (Å²) in [7, 11) is 0. The van der Waals surface area contributed by atoms with Crippen LogP contribution in [0.25, 0.3) is 0 Å². The molecule has 0 saturated carbocycles. The third-order valence-electron chi connectivity index (χ3n) is 16.0. The molecule has 4 aliphatic heterocycles. The van der Waals surface area contributed by atoms with Gasteiger partial charge in [0.15, 0.2) is 25.2 Å². The zero-order chi connectivity index (χ0) is 64.6. The topological polar surface area (TPSA) is 267 Å². The maximum atomic E-state index is 14.7. The first kappa shape index (κ1) is 68.7. The SMILES string of the molecule is CCOCCOC(=O)C(C)(COC(=O)C(C)(COC(=O)C1(C)COC(c2ccccc2)OC1)COC(=O)C1(C)COC(c2ccccc2)OC1)COC(=O)C(C)(COC(=O)C1(C)COC(c2ccccc2)OC1)COC(=O)C1(C)COC(c2ccccc2)OC1. The van der Waals surface area contributed by atoms with Crippen molar-refractivity contribution >= 4 is 41.8 Å². The standard InChI is InChI=1S/C67H82O23/c1-9-75-30-31-76-54(68)65(6,40-85-59(73)66(7,42-87-55(69)61(2)32-77-50(78-33-61)46-22-14-10-15-23-46)43-88-56(70)62(3)34-79-51(80-35-62)47-24-16-11-17-25-47)41-86-60(74)67(8,44-89-57(71)63(4)36-81-52(82-37-63)48-26-18-12-19-27-48)45-90-58(72)64(5)38-83-53(84-39-64)49-28-20-13-21-29-49/h10-29,50-53H,9,30-45H2,1-8H3. The van der Waals surface area contributed by atoms with Crippen LogP contribution >= 0.6 is 0 Å². The molecule has 8 rings (SSSR count). The molecule has 4 aromatic carbocycles. The van der Waals surface area contributed by atoms with E-state index >= 15 is 0 Å². The molecule has 0 radical (unpaired) electrons. The second-order valence-corrected chi connectivity index (χ2v) is 25.2. The quantitative estimate of drug-likeness (QED) is 0.0312. The van der Waals surface area contributed by atoms with Gasteiger partial charge in [0.2, 0.25) is 0 Å². The van der Waals surface area contributed by atoms with Gasteiger partial charge in [0.25, 0.3) is 0 Å². The largest absolute Gasteiger partial charge is 0.464 e. The fourth-order valence-electron chi connectivity index (χ4n) is 9.50. The monoisotopic (exact) mass is 1250 g/mol. The van der Waals surface area contributed by atoms with E-state index in [0.29, 0.717) is 6.61 Å². The van der Waals surface area contributed by atoms with E-state index in [4.69, 9.17) is 75.8 Å². The highest BCUT2D eigenvalue weighted by molar-refractivity contribution is 5.84. The number of esters is 7. The number of hydrogen-bond acceptors (Lipinski definition) is 23. The van der Waals surface area contributed by atoms with Gasteiger partial charge in [0, 0.05) is 28.9 Å². The number of benzene rings is 4. The molecule has 488 valence electrons. The van der Waals surface area contributed by atoms with Crippen molar-refractivity contribution in [2.75, 3.05) is 112 Å². The summed E-state index contributed by atoms with van der Waals surface area (Å²) >= 11 is 0. The Morgan fingerprint density at radius 2 is 0.556 bits per heavy atom. The number of hydrogen-bond donors (Lipinski definition) is 0. The minimum atomic E-state index is -2.02. The van der Waals surface area contributed by atoms with Crippen LogP contribution in [-0.2, 0) is 109 Å². The van der Waals surface area contributed by atoms with Gasteiger partial charge in [0.05, 0.1) is 59.5 Å². The normalized spacial score (nSPS) is 27.2. The van der Waals surface area contributed by atoms with Gasteiger partial charge in [-0.2, -0.15) is 0 Å². The zero-order valence-corrected chi connectivity index (χ0v) is 52.3. The maximum Gasteiger partial charge on any atom is 0.318 e. The Bertz CT molecular complexity index is 2660. The first-order valence-electron chi connectivity index (χ1n) is 29.9. The second kappa shape index (κ2) is 30.3. The van der Waals surface area contributed by atoms with E-state index in [2.05, 4.69) is 0 Å². The van der Waals surface area contributed by atoms with Crippen LogP contribution in [0.1, 0.15) is 103 Å². The van der Waals surface area contributed by atoms with Crippen molar-refractivity contribution in [1.29, 1.82) is 0 Å². The predicted molar refractivity (Wildman–Crippen MR) is 314 cm³/mol. The number of carbonyl (C=O) groups is 7. The minimum absolute atomic E-state index is 0.0187. The van der Waals surface area contributed by atoms with Crippen LogP contribution in [0.15, 0.2) is 121 Å². The van der Waals surface area contributed by atoms with Crippen molar-refractivity contribution in [1.82, 2.24) is 0 Å². The Labute approximate surface area is 523 Å². The zero-order valence-electron chi connectivity index (χ0n) is 52.3. The van der Waals surface area contributed by atoms with Crippen molar-refractivity contribution < 1.29 is 109 Å². The van der Waals surface area contributed by atoms with E-state index in [1.54, 1.807) is 34.6 Å². The third-order valence-corrected chi connectivity index (χ3v) is 16.0. The summed E-state index contributed by atoms with van der Waals surface area (Å²) in [5.41, 5.74) is -8.43. The van der Waals surface area contributed by atoms with Gasteiger partial charge in [-0.3, -0.25) is 33.6 Å². The van der Waals surface area contributed by atoms with Gasteiger partial charge in [-0.25, -0.2) is 0 Å². The fourth-order valence-corrected chi connectivity index (χ4v) is 9.50. The Hall–Kier alpha value is -7.19. The molecule has 4 aromatic rings. The highest BCUT2D eigenvalue weighted by Gasteiger charge is 2.51. The van der Waals surface area contributed by atoms with Gasteiger partial charge in [-0.15, -0.1) is 0 Å². The Morgan fingerprint density at radius 1 is 0.344 bits per heavy atom. The molecule has 0 amide bonds. The Kier molecular flexibility index (Phi) is 23.1. The van der Waals surface area contributed by atoms with E-state index < -0.39 is 144 Å². The van der Waals surface area contributed by atoms with E-state index in [-0.39, 0.29) is 66.1 Å². The number of rotatable bonds is 27. The molecular formula is C67H82O23. The van der Waals surface area contributed by atoms with Crippen molar-refractivity contribution in [3.05, 3.63) is 144 Å². The highest BCUT2D eigenvalue weighted by Crippen LogP contribution is 2.39. The van der Waals surface area contributed by atoms with Crippen LogP contribution in [0.2, 0.25) is 0 Å². The lowest BCUT2D eigenvalue weighted by Crippen LogP contribution is -2.50. The summed E-state index contributed by atoms with van der Waals surface area (Å²) in [5.74, 6) is -6.45. The Morgan fingerprint density at radius 3 is 0.778 bits per heavy atom. The number of ether oxygens (including phenoxy) is 16. The minimum Gasteiger partial charge on any atom is -0.464 e. The van der Waals surface area contributed by atoms with Crippen molar-refractivity contribution in [3.63, 3.8) is 0 Å². The van der Waals surface area contributed by atoms with Crippen LogP contribution < -0.4 is 0 Å². The summed E-state index contributed by atoms with van der Waals surface area (Å²) < 4.78 is 93.9. The van der Waals surface area contributed by atoms with Crippen LogP contribution in [0.4, 0.5) is 0 Å². The molecule has 4 heterocycles. The van der Waals surface area contributed by atoms with E-state index in [1.165, 1.54) is 20.8 Å². The molecule has 0 unspecified atom stereocenters. The van der Waals surface area contributed by atoms with Gasteiger partial charge in [-0.05, 0) is 55.4 Å². The molecule has 0 bridgehead atoms. The molecule has 90 heavy (non-hydrogen) atoms. The first-order valence-corrected chi connectivity index (χ1v) is 29.9. The molecule has 4 fully saturated rings. The average Bonchev–Trinajstić information content (AvgIpc) is 1.42. The van der Waals surface area contributed by atoms with Crippen molar-refractivity contribution in [2.24, 2.45) is 37.9 Å². The predicted octanol–water partition coefficient (Wildman–Crippen LogP) is 7.85. The molecule has 4 saturated heterocycles. The molecule has 4 aliphatic rings. The molecular weight excluding hydrogens is 1170 g/mol. The van der Waals surface area contributed by atoms with Crippen LogP contribution in [-0.4, -0.2) is 154 Å². The lowest BCUT2D eigenvalue weighted by atomic mass is 9.89. The molecule has 0 aromatic heterocycles. The van der Waals surface area contributed by atoms with Crippen molar-refractivity contribution in [2.45, 2.75) is 80.6 Å². The van der Waals surface area contributed by atoms with Gasteiger partial charge >= 0.3 is 41.8 Å². The number of carbonyl (C=O) groups excluding carboxylic acids is 7. The second-order valence-electron chi connectivity index (χ2n) is 25.2. The van der Waals surface area contributed by atoms with Crippen LogP contribution in [0.3, 0.4) is 0 Å². The van der Waals surface area contributed by atoms with E-state index in [1.807, 2.05) is 121 Å². The van der Waals surface area contributed by atoms with Crippen LogP contribution in [0.5, 0.6) is 0 Å². The van der Waals surface area contributed by atoms with Crippen molar-refractivity contribution in [3.8, 4) is 0 Å². The summed E-state index contributed by atoms with van der Waals surface area (Å²) in [6.07, 6.45) is -3.01. The molecule has 23 nitrogen and oxygen atoms in total. The summed E-state index contributed by atoms with van der Waals surface area (Å²) in [6.45, 7) is 6.58.